The second kappa shape index (κ2) is 4.69. The molecular weight excluding hydrogens is 128 g/mol. The van der Waals surface area contributed by atoms with Gasteiger partial charge in [-0.25, -0.2) is 0 Å². The van der Waals surface area contributed by atoms with Gasteiger partial charge in [0.2, 0.25) is 0 Å². The highest BCUT2D eigenvalue weighted by Gasteiger charge is 2.14. The van der Waals surface area contributed by atoms with E-state index in [4.69, 9.17) is 9.84 Å². The molecular formula is C8H18O2. The van der Waals surface area contributed by atoms with Crippen LogP contribution < -0.4 is 0 Å². The summed E-state index contributed by atoms with van der Waals surface area (Å²) in [6.45, 7) is 4.41. The van der Waals surface area contributed by atoms with Gasteiger partial charge in [-0.3, -0.25) is 0 Å². The first kappa shape index (κ1) is 9.92. The number of aliphatic hydroxyl groups excluding tert-OH is 1. The van der Waals surface area contributed by atoms with Crippen molar-refractivity contribution in [2.45, 2.75) is 38.7 Å². The number of hydrogen-bond acceptors (Lipinski definition) is 2. The lowest BCUT2D eigenvalue weighted by Crippen LogP contribution is -2.21. The van der Waals surface area contributed by atoms with Crippen molar-refractivity contribution in [2.24, 2.45) is 0 Å². The highest BCUT2D eigenvalue weighted by molar-refractivity contribution is 4.66. The zero-order valence-corrected chi connectivity index (χ0v) is 7.18. The number of aliphatic hydroxyl groups is 1. The molecule has 0 fully saturated rings. The van der Waals surface area contributed by atoms with Crippen molar-refractivity contribution in [2.75, 3.05) is 13.7 Å². The van der Waals surface area contributed by atoms with Gasteiger partial charge in [0, 0.05) is 13.7 Å². The normalized spacial score (nSPS) is 12.0. The minimum atomic E-state index is -0.0187. The van der Waals surface area contributed by atoms with Gasteiger partial charge < -0.3 is 9.84 Å². The van der Waals surface area contributed by atoms with E-state index in [9.17, 15) is 0 Å². The van der Waals surface area contributed by atoms with Crippen LogP contribution in [0, 0.1) is 0 Å². The van der Waals surface area contributed by atoms with E-state index in [1.165, 1.54) is 0 Å². The molecule has 0 aromatic heterocycles. The maximum absolute atomic E-state index is 8.49. The third kappa shape index (κ3) is 4.77. The van der Waals surface area contributed by atoms with E-state index in [0.717, 1.165) is 19.3 Å². The van der Waals surface area contributed by atoms with E-state index < -0.39 is 0 Å². The summed E-state index contributed by atoms with van der Waals surface area (Å²) in [6, 6.07) is 0. The van der Waals surface area contributed by atoms with Crippen LogP contribution in [0.25, 0.3) is 0 Å². The second-order valence-electron chi connectivity index (χ2n) is 3.14. The van der Waals surface area contributed by atoms with Crippen LogP contribution in [-0.2, 0) is 4.74 Å². The molecule has 0 unspecified atom stereocenters. The molecule has 0 spiro atoms. The fourth-order valence-electron chi connectivity index (χ4n) is 0.765. The minimum Gasteiger partial charge on any atom is -0.396 e. The largest absolute Gasteiger partial charge is 0.396 e. The summed E-state index contributed by atoms with van der Waals surface area (Å²) in [5.41, 5.74) is -0.0187. The second-order valence-corrected chi connectivity index (χ2v) is 3.14. The predicted octanol–water partition coefficient (Wildman–Crippen LogP) is 1.57. The Balaban J connectivity index is 3.28. The third-order valence-corrected chi connectivity index (χ3v) is 1.74. The molecule has 0 atom stereocenters. The molecule has 0 rings (SSSR count). The first-order valence-corrected chi connectivity index (χ1v) is 3.78. The number of ether oxygens (including phenoxy) is 1. The molecule has 10 heavy (non-hydrogen) atoms. The summed E-state index contributed by atoms with van der Waals surface area (Å²) in [7, 11) is 1.72. The van der Waals surface area contributed by atoms with Gasteiger partial charge in [-0.05, 0) is 33.1 Å². The summed E-state index contributed by atoms with van der Waals surface area (Å²) >= 11 is 0. The van der Waals surface area contributed by atoms with Crippen LogP contribution in [0.1, 0.15) is 33.1 Å². The Labute approximate surface area is 63.2 Å². The Bertz CT molecular complexity index is 79.3. The van der Waals surface area contributed by atoms with E-state index in [1.807, 2.05) is 0 Å². The van der Waals surface area contributed by atoms with Gasteiger partial charge >= 0.3 is 0 Å². The van der Waals surface area contributed by atoms with Gasteiger partial charge in [0.25, 0.3) is 0 Å². The molecule has 1 N–H and O–H groups in total. The number of unbranched alkanes of at least 4 members (excludes halogenated alkanes) is 1. The molecule has 0 aliphatic carbocycles. The first-order valence-electron chi connectivity index (χ1n) is 3.78. The van der Waals surface area contributed by atoms with Crippen LogP contribution in [0.15, 0.2) is 0 Å². The van der Waals surface area contributed by atoms with Crippen molar-refractivity contribution in [3.63, 3.8) is 0 Å². The fraction of sp³-hybridized carbons (Fsp3) is 1.00. The molecule has 0 aromatic rings. The summed E-state index contributed by atoms with van der Waals surface area (Å²) < 4.78 is 5.20. The van der Waals surface area contributed by atoms with Crippen LogP contribution in [0.2, 0.25) is 0 Å². The highest BCUT2D eigenvalue weighted by atomic mass is 16.5. The van der Waals surface area contributed by atoms with Crippen molar-refractivity contribution in [1.82, 2.24) is 0 Å². The standard InChI is InChI=1S/C8H18O2/c1-8(2,10-3)6-4-5-7-9/h9H,4-7H2,1-3H3. The molecule has 2 nitrogen and oxygen atoms in total. The Morgan fingerprint density at radius 3 is 2.30 bits per heavy atom. The molecule has 0 aromatic carbocycles. The molecule has 0 saturated heterocycles. The monoisotopic (exact) mass is 146 g/mol. The van der Waals surface area contributed by atoms with Gasteiger partial charge in [0.1, 0.15) is 0 Å². The van der Waals surface area contributed by atoms with Crippen molar-refractivity contribution < 1.29 is 9.84 Å². The van der Waals surface area contributed by atoms with Crippen LogP contribution >= 0.6 is 0 Å². The smallest absolute Gasteiger partial charge is 0.0622 e. The minimum absolute atomic E-state index is 0.0187. The van der Waals surface area contributed by atoms with Crippen molar-refractivity contribution in [3.8, 4) is 0 Å². The Morgan fingerprint density at radius 1 is 1.30 bits per heavy atom. The van der Waals surface area contributed by atoms with E-state index in [0.29, 0.717) is 6.61 Å². The van der Waals surface area contributed by atoms with Crippen LogP contribution in [-0.4, -0.2) is 24.4 Å². The quantitative estimate of drug-likeness (QED) is 0.597. The molecule has 0 saturated carbocycles. The predicted molar refractivity (Wildman–Crippen MR) is 42.0 cm³/mol. The molecule has 62 valence electrons. The van der Waals surface area contributed by atoms with Gasteiger partial charge in [0.05, 0.1) is 5.60 Å². The SMILES string of the molecule is COC(C)(C)CCCCO. The lowest BCUT2D eigenvalue weighted by molar-refractivity contribution is 0.0127. The van der Waals surface area contributed by atoms with E-state index in [1.54, 1.807) is 7.11 Å². The van der Waals surface area contributed by atoms with Gasteiger partial charge in [-0.2, -0.15) is 0 Å². The van der Waals surface area contributed by atoms with Crippen molar-refractivity contribution >= 4 is 0 Å². The molecule has 0 aliphatic rings. The number of hydrogen-bond donors (Lipinski definition) is 1. The molecule has 0 heterocycles. The van der Waals surface area contributed by atoms with E-state index in [2.05, 4.69) is 13.8 Å². The number of rotatable bonds is 5. The van der Waals surface area contributed by atoms with Gasteiger partial charge in [-0.15, -0.1) is 0 Å². The maximum Gasteiger partial charge on any atom is 0.0622 e. The molecule has 0 amide bonds. The fourth-order valence-corrected chi connectivity index (χ4v) is 0.765. The average molecular weight is 146 g/mol. The average Bonchev–Trinajstić information content (AvgIpc) is 1.89. The lowest BCUT2D eigenvalue weighted by Gasteiger charge is -2.22. The van der Waals surface area contributed by atoms with Crippen LogP contribution in [0.5, 0.6) is 0 Å². The lowest BCUT2D eigenvalue weighted by atomic mass is 10.0. The van der Waals surface area contributed by atoms with Gasteiger partial charge in [0.15, 0.2) is 0 Å². The van der Waals surface area contributed by atoms with E-state index >= 15 is 0 Å². The zero-order valence-electron chi connectivity index (χ0n) is 7.18. The topological polar surface area (TPSA) is 29.5 Å². The summed E-state index contributed by atoms with van der Waals surface area (Å²) in [6.07, 6.45) is 2.94. The summed E-state index contributed by atoms with van der Waals surface area (Å²) in [5.74, 6) is 0. The first-order chi connectivity index (χ1) is 4.62. The summed E-state index contributed by atoms with van der Waals surface area (Å²) in [5, 5.41) is 8.49. The highest BCUT2D eigenvalue weighted by Crippen LogP contribution is 2.15. The Hall–Kier alpha value is -0.0800. The molecule has 0 aliphatic heterocycles. The Kier molecular flexibility index (Phi) is 4.65. The van der Waals surface area contributed by atoms with Crippen LogP contribution in [0.4, 0.5) is 0 Å². The molecule has 2 heteroatoms. The maximum atomic E-state index is 8.49. The van der Waals surface area contributed by atoms with Crippen molar-refractivity contribution in [3.05, 3.63) is 0 Å². The van der Waals surface area contributed by atoms with Crippen LogP contribution in [0.3, 0.4) is 0 Å². The number of methoxy groups -OCH3 is 1. The Morgan fingerprint density at radius 2 is 1.90 bits per heavy atom. The third-order valence-electron chi connectivity index (χ3n) is 1.74. The van der Waals surface area contributed by atoms with Gasteiger partial charge in [-0.1, -0.05) is 0 Å². The zero-order chi connectivity index (χ0) is 8.04. The molecule has 0 radical (unpaired) electrons. The van der Waals surface area contributed by atoms with E-state index in [-0.39, 0.29) is 5.60 Å². The van der Waals surface area contributed by atoms with Crippen molar-refractivity contribution in [1.29, 1.82) is 0 Å². The molecule has 0 bridgehead atoms. The summed E-state index contributed by atoms with van der Waals surface area (Å²) in [4.78, 5) is 0.